The average Bonchev–Trinajstić information content (AvgIpc) is 2.42. The monoisotopic (exact) mass is 250 g/mol. The van der Waals surface area contributed by atoms with Gasteiger partial charge in [-0.05, 0) is 18.6 Å². The van der Waals surface area contributed by atoms with Crippen molar-refractivity contribution in [3.05, 3.63) is 17.7 Å². The zero-order valence-corrected chi connectivity index (χ0v) is 10.9. The molecule has 1 aromatic carbocycles. The Morgan fingerprint density at radius 2 is 1.83 bits per heavy atom. The highest BCUT2D eigenvalue weighted by molar-refractivity contribution is 5.56. The van der Waals surface area contributed by atoms with Crippen LogP contribution >= 0.6 is 0 Å². The van der Waals surface area contributed by atoms with Crippen LogP contribution in [0.15, 0.2) is 12.1 Å². The zero-order chi connectivity index (χ0) is 13.5. The molecule has 0 saturated carbocycles. The Balaban J connectivity index is 3.16. The van der Waals surface area contributed by atoms with Gasteiger partial charge < -0.3 is 19.3 Å². The average molecular weight is 250 g/mol. The smallest absolute Gasteiger partial charge is 0.203 e. The first-order valence-corrected chi connectivity index (χ1v) is 5.60. The van der Waals surface area contributed by atoms with Crippen molar-refractivity contribution in [2.45, 2.75) is 18.9 Å². The molecule has 0 heterocycles. The molecule has 0 aliphatic rings. The molecule has 4 heteroatoms. The van der Waals surface area contributed by atoms with Gasteiger partial charge in [0.25, 0.3) is 0 Å². The van der Waals surface area contributed by atoms with Gasteiger partial charge in [-0.3, -0.25) is 0 Å². The van der Waals surface area contributed by atoms with Crippen molar-refractivity contribution in [2.75, 3.05) is 21.3 Å². The van der Waals surface area contributed by atoms with Crippen LogP contribution in [0.25, 0.3) is 0 Å². The lowest BCUT2D eigenvalue weighted by molar-refractivity contribution is 0.164. The normalized spacial score (nSPS) is 11.5. The van der Waals surface area contributed by atoms with Crippen LogP contribution in [-0.4, -0.2) is 26.4 Å². The number of benzene rings is 1. The van der Waals surface area contributed by atoms with Crippen LogP contribution in [-0.2, 0) is 0 Å². The SMILES string of the molecule is C#CCCC(O)c1ccc(OC)c(OC)c1OC. The van der Waals surface area contributed by atoms with Crippen LogP contribution < -0.4 is 14.2 Å². The second-order valence-corrected chi connectivity index (χ2v) is 3.68. The summed E-state index contributed by atoms with van der Waals surface area (Å²) in [6, 6.07) is 3.48. The standard InChI is InChI=1S/C14H18O4/c1-5-6-7-11(15)10-8-9-12(16-2)14(18-4)13(10)17-3/h1,8-9,11,15H,6-7H2,2-4H3. The number of terminal acetylenes is 1. The highest BCUT2D eigenvalue weighted by atomic mass is 16.5. The van der Waals surface area contributed by atoms with Crippen LogP contribution in [0, 0.1) is 12.3 Å². The van der Waals surface area contributed by atoms with Crippen LogP contribution in [0.5, 0.6) is 17.2 Å². The van der Waals surface area contributed by atoms with E-state index in [1.54, 1.807) is 19.2 Å². The Morgan fingerprint density at radius 1 is 1.17 bits per heavy atom. The Hall–Kier alpha value is -1.86. The van der Waals surface area contributed by atoms with E-state index >= 15 is 0 Å². The second-order valence-electron chi connectivity index (χ2n) is 3.68. The summed E-state index contributed by atoms with van der Waals surface area (Å²) >= 11 is 0. The van der Waals surface area contributed by atoms with Gasteiger partial charge in [-0.2, -0.15) is 0 Å². The molecule has 0 radical (unpaired) electrons. The molecule has 4 nitrogen and oxygen atoms in total. The summed E-state index contributed by atoms with van der Waals surface area (Å²) in [5, 5.41) is 10.1. The van der Waals surface area contributed by atoms with Crippen molar-refractivity contribution in [3.8, 4) is 29.6 Å². The molecule has 0 bridgehead atoms. The third-order valence-electron chi connectivity index (χ3n) is 2.66. The van der Waals surface area contributed by atoms with E-state index in [4.69, 9.17) is 20.6 Å². The Morgan fingerprint density at radius 3 is 2.33 bits per heavy atom. The lowest BCUT2D eigenvalue weighted by Crippen LogP contribution is -2.03. The van der Waals surface area contributed by atoms with Gasteiger partial charge in [-0.1, -0.05) is 0 Å². The van der Waals surface area contributed by atoms with E-state index in [1.807, 2.05) is 0 Å². The van der Waals surface area contributed by atoms with Crippen LogP contribution in [0.3, 0.4) is 0 Å². The number of aliphatic hydroxyl groups is 1. The van der Waals surface area contributed by atoms with Gasteiger partial charge in [0.1, 0.15) is 0 Å². The summed E-state index contributed by atoms with van der Waals surface area (Å²) in [4.78, 5) is 0. The van der Waals surface area contributed by atoms with E-state index < -0.39 is 6.10 Å². The van der Waals surface area contributed by atoms with Gasteiger partial charge in [0.15, 0.2) is 11.5 Å². The number of methoxy groups -OCH3 is 3. The zero-order valence-electron chi connectivity index (χ0n) is 10.9. The molecule has 98 valence electrons. The molecule has 0 aromatic heterocycles. The number of ether oxygens (including phenoxy) is 3. The molecular weight excluding hydrogens is 232 g/mol. The first-order chi connectivity index (χ1) is 8.69. The predicted molar refractivity (Wildman–Crippen MR) is 69.1 cm³/mol. The molecule has 1 atom stereocenters. The first kappa shape index (κ1) is 14.2. The topological polar surface area (TPSA) is 47.9 Å². The van der Waals surface area contributed by atoms with Crippen LogP contribution in [0.1, 0.15) is 24.5 Å². The van der Waals surface area contributed by atoms with Crippen molar-refractivity contribution < 1.29 is 19.3 Å². The fourth-order valence-electron chi connectivity index (χ4n) is 1.76. The van der Waals surface area contributed by atoms with Gasteiger partial charge in [-0.15, -0.1) is 12.3 Å². The fraction of sp³-hybridized carbons (Fsp3) is 0.429. The number of hydrogen-bond donors (Lipinski definition) is 1. The molecule has 0 aliphatic carbocycles. The summed E-state index contributed by atoms with van der Waals surface area (Å²) < 4.78 is 15.7. The Labute approximate surface area is 107 Å². The lowest BCUT2D eigenvalue weighted by Gasteiger charge is -2.18. The van der Waals surface area contributed by atoms with Crippen molar-refractivity contribution in [3.63, 3.8) is 0 Å². The molecule has 0 fully saturated rings. The summed E-state index contributed by atoms with van der Waals surface area (Å²) in [5.41, 5.74) is 0.644. The van der Waals surface area contributed by atoms with Crippen LogP contribution in [0.4, 0.5) is 0 Å². The van der Waals surface area contributed by atoms with E-state index in [0.29, 0.717) is 35.7 Å². The fourth-order valence-corrected chi connectivity index (χ4v) is 1.76. The molecular formula is C14H18O4. The summed E-state index contributed by atoms with van der Waals surface area (Å²) in [7, 11) is 4.60. The molecule has 1 rings (SSSR count). The summed E-state index contributed by atoms with van der Waals surface area (Å²) in [5.74, 6) is 4.00. The number of aliphatic hydroxyl groups excluding tert-OH is 1. The maximum atomic E-state index is 10.1. The summed E-state index contributed by atoms with van der Waals surface area (Å²) in [6.45, 7) is 0. The minimum atomic E-state index is -0.684. The van der Waals surface area contributed by atoms with E-state index in [2.05, 4.69) is 5.92 Å². The molecule has 0 aliphatic heterocycles. The molecule has 0 spiro atoms. The number of hydrogen-bond acceptors (Lipinski definition) is 4. The predicted octanol–water partition coefficient (Wildman–Crippen LogP) is 2.16. The molecule has 0 saturated heterocycles. The number of rotatable bonds is 6. The molecule has 1 aromatic rings. The van der Waals surface area contributed by atoms with Gasteiger partial charge in [0, 0.05) is 12.0 Å². The second kappa shape index (κ2) is 6.77. The Kier molecular flexibility index (Phi) is 5.34. The maximum absolute atomic E-state index is 10.1. The van der Waals surface area contributed by atoms with E-state index in [-0.39, 0.29) is 0 Å². The van der Waals surface area contributed by atoms with Gasteiger partial charge in [-0.25, -0.2) is 0 Å². The quantitative estimate of drug-likeness (QED) is 0.786. The third-order valence-corrected chi connectivity index (χ3v) is 2.66. The highest BCUT2D eigenvalue weighted by Crippen LogP contribution is 2.42. The minimum Gasteiger partial charge on any atom is -0.493 e. The van der Waals surface area contributed by atoms with Crippen molar-refractivity contribution >= 4 is 0 Å². The van der Waals surface area contributed by atoms with Gasteiger partial charge in [0.05, 0.1) is 27.4 Å². The highest BCUT2D eigenvalue weighted by Gasteiger charge is 2.20. The van der Waals surface area contributed by atoms with Crippen LogP contribution in [0.2, 0.25) is 0 Å². The van der Waals surface area contributed by atoms with Crippen molar-refractivity contribution in [1.82, 2.24) is 0 Å². The van der Waals surface area contributed by atoms with E-state index in [9.17, 15) is 5.11 Å². The molecule has 1 unspecified atom stereocenters. The maximum Gasteiger partial charge on any atom is 0.203 e. The molecule has 18 heavy (non-hydrogen) atoms. The Bertz CT molecular complexity index is 434. The largest absolute Gasteiger partial charge is 0.493 e. The molecule has 1 N–H and O–H groups in total. The minimum absolute atomic E-state index is 0.470. The third kappa shape index (κ3) is 2.88. The van der Waals surface area contributed by atoms with Gasteiger partial charge >= 0.3 is 0 Å². The summed E-state index contributed by atoms with van der Waals surface area (Å²) in [6.07, 6.45) is 5.48. The van der Waals surface area contributed by atoms with Crippen molar-refractivity contribution in [1.29, 1.82) is 0 Å². The lowest BCUT2D eigenvalue weighted by atomic mass is 10.0. The first-order valence-electron chi connectivity index (χ1n) is 5.60. The van der Waals surface area contributed by atoms with Gasteiger partial charge in [0.2, 0.25) is 5.75 Å². The van der Waals surface area contributed by atoms with E-state index in [0.717, 1.165) is 0 Å². The molecule has 0 amide bonds. The van der Waals surface area contributed by atoms with Crippen molar-refractivity contribution in [2.24, 2.45) is 0 Å². The van der Waals surface area contributed by atoms with E-state index in [1.165, 1.54) is 14.2 Å².